The Balaban J connectivity index is 0.000000580. The smallest absolute Gasteiger partial charge is 0.337 e. The van der Waals surface area contributed by atoms with Crippen LogP contribution in [0.15, 0.2) is 60.7 Å². The molecule has 1 N–H and O–H groups in total. The molecule has 0 heterocycles. The van der Waals surface area contributed by atoms with Gasteiger partial charge in [0.15, 0.2) is 0 Å². The van der Waals surface area contributed by atoms with E-state index in [1.54, 1.807) is 19.9 Å². The predicted octanol–water partition coefficient (Wildman–Crippen LogP) is 4.09. The van der Waals surface area contributed by atoms with E-state index in [1.165, 1.54) is 0 Å². The topological polar surface area (TPSA) is 72.8 Å². The molecule has 1 rings (SSSR count). The monoisotopic (exact) mass is 374 g/mol. The van der Waals surface area contributed by atoms with E-state index < -0.39 is 12.1 Å². The Morgan fingerprint density at radius 1 is 1.15 bits per heavy atom. The van der Waals surface area contributed by atoms with Crippen molar-refractivity contribution in [3.63, 3.8) is 0 Å². The molecular weight excluding hydrogens is 344 g/mol. The number of aliphatic hydroxyl groups is 1. The maximum atomic E-state index is 11.5. The van der Waals surface area contributed by atoms with Gasteiger partial charge in [0, 0.05) is 5.57 Å². The molecule has 0 radical (unpaired) electrons. The largest absolute Gasteiger partial charge is 0.462 e. The summed E-state index contributed by atoms with van der Waals surface area (Å²) in [7, 11) is 0. The molecule has 5 heteroatoms. The highest BCUT2D eigenvalue weighted by Crippen LogP contribution is 2.05. The number of carbonyl (C=O) groups is 2. The molecule has 0 saturated carbocycles. The van der Waals surface area contributed by atoms with Gasteiger partial charge in [-0.05, 0) is 31.9 Å². The molecule has 1 aromatic rings. The second-order valence-corrected chi connectivity index (χ2v) is 5.99. The molecule has 0 aliphatic carbocycles. The van der Waals surface area contributed by atoms with E-state index in [4.69, 9.17) is 9.84 Å². The fraction of sp³-hybridized carbons (Fsp3) is 0.364. The van der Waals surface area contributed by atoms with Crippen LogP contribution in [-0.4, -0.2) is 36.4 Å². The van der Waals surface area contributed by atoms with E-state index in [0.29, 0.717) is 17.8 Å². The Morgan fingerprint density at radius 2 is 1.78 bits per heavy atom. The van der Waals surface area contributed by atoms with Crippen LogP contribution in [0.1, 0.15) is 39.2 Å². The van der Waals surface area contributed by atoms with Crippen molar-refractivity contribution in [1.29, 1.82) is 0 Å². The van der Waals surface area contributed by atoms with Gasteiger partial charge in [-0.15, -0.1) is 0 Å². The van der Waals surface area contributed by atoms with Gasteiger partial charge in [-0.3, -0.25) is 0 Å². The molecule has 0 bridgehead atoms. The van der Waals surface area contributed by atoms with Crippen molar-refractivity contribution in [2.24, 2.45) is 0 Å². The van der Waals surface area contributed by atoms with Gasteiger partial charge < -0.3 is 14.6 Å². The van der Waals surface area contributed by atoms with E-state index in [0.717, 1.165) is 18.4 Å². The number of rotatable bonds is 9. The first-order chi connectivity index (χ1) is 12.8. The average Bonchev–Trinajstić information content (AvgIpc) is 2.65. The zero-order chi connectivity index (χ0) is 20.7. The molecule has 0 amide bonds. The number of ether oxygens (including phenoxy) is 2. The summed E-state index contributed by atoms with van der Waals surface area (Å²) in [6, 6.07) is 9.77. The molecule has 0 aliphatic heterocycles. The third-order valence-electron chi connectivity index (χ3n) is 3.07. The maximum absolute atomic E-state index is 11.5. The van der Waals surface area contributed by atoms with E-state index in [2.05, 4.69) is 24.8 Å². The molecule has 0 aliphatic rings. The van der Waals surface area contributed by atoms with Crippen LogP contribution in [0.4, 0.5) is 0 Å². The Kier molecular flexibility index (Phi) is 13.1. The van der Waals surface area contributed by atoms with E-state index in [-0.39, 0.29) is 12.6 Å². The van der Waals surface area contributed by atoms with Crippen LogP contribution in [-0.2, 0) is 19.1 Å². The molecule has 1 unspecified atom stereocenters. The van der Waals surface area contributed by atoms with Gasteiger partial charge in [0.25, 0.3) is 0 Å². The lowest BCUT2D eigenvalue weighted by Gasteiger charge is -2.04. The van der Waals surface area contributed by atoms with Crippen molar-refractivity contribution in [1.82, 2.24) is 0 Å². The molecular formula is C22H30O5. The number of carbonyl (C=O) groups excluding carboxylic acids is 2. The summed E-state index contributed by atoms with van der Waals surface area (Å²) >= 11 is 0. The SMILES string of the molecule is C=C(C)C(=O)OCC(C)O.C=C(C=Cc1ccccc1)C(=O)OCCCC. The third kappa shape index (κ3) is 13.2. The first kappa shape index (κ1) is 24.3. The van der Waals surface area contributed by atoms with Gasteiger partial charge in [0.05, 0.1) is 18.3 Å². The molecule has 0 aromatic heterocycles. The van der Waals surface area contributed by atoms with Crippen molar-refractivity contribution in [2.75, 3.05) is 13.2 Å². The fourth-order valence-corrected chi connectivity index (χ4v) is 1.55. The number of esters is 2. The quantitative estimate of drug-likeness (QED) is 0.305. The number of aliphatic hydroxyl groups excluding tert-OH is 1. The molecule has 148 valence electrons. The highest BCUT2D eigenvalue weighted by Gasteiger charge is 2.04. The van der Waals surface area contributed by atoms with Crippen LogP contribution >= 0.6 is 0 Å². The highest BCUT2D eigenvalue weighted by atomic mass is 16.5. The minimum atomic E-state index is -0.608. The lowest BCUT2D eigenvalue weighted by Crippen LogP contribution is -2.15. The Morgan fingerprint density at radius 3 is 2.30 bits per heavy atom. The zero-order valence-electron chi connectivity index (χ0n) is 16.4. The molecule has 0 saturated heterocycles. The van der Waals surface area contributed by atoms with E-state index in [9.17, 15) is 9.59 Å². The molecule has 5 nitrogen and oxygen atoms in total. The minimum Gasteiger partial charge on any atom is -0.462 e. The minimum absolute atomic E-state index is 0.0334. The van der Waals surface area contributed by atoms with Gasteiger partial charge in [-0.1, -0.05) is 62.9 Å². The summed E-state index contributed by atoms with van der Waals surface area (Å²) in [5.41, 5.74) is 1.76. The standard InChI is InChI=1S/C15H18O2.C7H12O3/c1-3-4-12-17-15(16)13(2)10-11-14-8-6-5-7-9-14;1-5(2)7(9)10-4-6(3)8/h5-11H,2-4,12H2,1H3;6,8H,1,4H2,2-3H3. The third-order valence-corrected chi connectivity index (χ3v) is 3.07. The second-order valence-electron chi connectivity index (χ2n) is 5.99. The first-order valence-electron chi connectivity index (χ1n) is 8.87. The first-order valence-corrected chi connectivity index (χ1v) is 8.87. The number of benzene rings is 1. The van der Waals surface area contributed by atoms with Crippen molar-refractivity contribution in [3.05, 3.63) is 66.3 Å². The molecule has 0 spiro atoms. The molecule has 27 heavy (non-hydrogen) atoms. The number of hydrogen-bond donors (Lipinski definition) is 1. The maximum Gasteiger partial charge on any atom is 0.337 e. The summed E-state index contributed by atoms with van der Waals surface area (Å²) < 4.78 is 9.62. The average molecular weight is 374 g/mol. The Hall–Kier alpha value is -2.66. The van der Waals surface area contributed by atoms with Crippen molar-refractivity contribution < 1.29 is 24.2 Å². The van der Waals surface area contributed by atoms with Crippen LogP contribution < -0.4 is 0 Å². The van der Waals surface area contributed by atoms with Gasteiger partial charge in [-0.2, -0.15) is 0 Å². The predicted molar refractivity (Wildman–Crippen MR) is 108 cm³/mol. The lowest BCUT2D eigenvalue weighted by molar-refractivity contribution is -0.141. The molecule has 1 aromatic carbocycles. The lowest BCUT2D eigenvalue weighted by atomic mass is 10.2. The number of hydrogen-bond acceptors (Lipinski definition) is 5. The van der Waals surface area contributed by atoms with E-state index in [1.807, 2.05) is 36.4 Å². The highest BCUT2D eigenvalue weighted by molar-refractivity contribution is 5.92. The van der Waals surface area contributed by atoms with E-state index >= 15 is 0 Å². The summed E-state index contributed by atoms with van der Waals surface area (Å²) in [6.07, 6.45) is 4.83. The molecule has 0 fully saturated rings. The van der Waals surface area contributed by atoms with Crippen LogP contribution in [0, 0.1) is 0 Å². The van der Waals surface area contributed by atoms with Gasteiger partial charge in [0.2, 0.25) is 0 Å². The Bertz CT molecular complexity index is 629. The van der Waals surface area contributed by atoms with Crippen LogP contribution in [0.2, 0.25) is 0 Å². The van der Waals surface area contributed by atoms with Crippen LogP contribution in [0.3, 0.4) is 0 Å². The van der Waals surface area contributed by atoms with Crippen molar-refractivity contribution in [2.45, 2.75) is 39.7 Å². The summed E-state index contributed by atoms with van der Waals surface area (Å²) in [5.74, 6) is -0.800. The summed E-state index contributed by atoms with van der Waals surface area (Å²) in [5, 5.41) is 8.68. The van der Waals surface area contributed by atoms with Gasteiger partial charge in [-0.25, -0.2) is 9.59 Å². The van der Waals surface area contributed by atoms with Crippen molar-refractivity contribution >= 4 is 18.0 Å². The second kappa shape index (κ2) is 14.5. The fourth-order valence-electron chi connectivity index (χ4n) is 1.55. The van der Waals surface area contributed by atoms with Crippen LogP contribution in [0.5, 0.6) is 0 Å². The Labute approximate surface area is 162 Å². The zero-order valence-corrected chi connectivity index (χ0v) is 16.4. The van der Waals surface area contributed by atoms with Gasteiger partial charge in [0.1, 0.15) is 6.61 Å². The summed E-state index contributed by atoms with van der Waals surface area (Å²) in [4.78, 5) is 22.1. The normalized spacial score (nSPS) is 11.1. The van der Waals surface area contributed by atoms with Crippen LogP contribution in [0.25, 0.3) is 6.08 Å². The van der Waals surface area contributed by atoms with Crippen molar-refractivity contribution in [3.8, 4) is 0 Å². The summed E-state index contributed by atoms with van der Waals surface area (Å²) in [6.45, 7) is 12.7. The number of unbranched alkanes of at least 4 members (excludes halogenated alkanes) is 1. The van der Waals surface area contributed by atoms with Gasteiger partial charge >= 0.3 is 11.9 Å². The molecule has 1 atom stereocenters.